The Morgan fingerprint density at radius 1 is 1.19 bits per heavy atom. The van der Waals surface area contributed by atoms with Crippen molar-refractivity contribution in [3.8, 4) is 0 Å². The number of hydrogen-bond donors (Lipinski definition) is 2. The maximum absolute atomic E-state index is 8.92. The molecule has 0 aromatic rings. The molecule has 0 aromatic heterocycles. The summed E-state index contributed by atoms with van der Waals surface area (Å²) in [5, 5.41) is 12.1. The lowest BCUT2D eigenvalue weighted by Crippen LogP contribution is -2.57. The van der Waals surface area contributed by atoms with Crippen molar-refractivity contribution in [3.05, 3.63) is 0 Å². The van der Waals surface area contributed by atoms with E-state index >= 15 is 0 Å². The molecule has 3 N–H and O–H groups in total. The minimum Gasteiger partial charge on any atom is -0.409 e. The number of nitrogens with zero attached hydrogens (tertiary/aromatic N) is 3. The van der Waals surface area contributed by atoms with E-state index in [0.717, 1.165) is 44.6 Å². The Kier molecular flexibility index (Phi) is 6.30. The van der Waals surface area contributed by atoms with Gasteiger partial charge in [-0.2, -0.15) is 0 Å². The van der Waals surface area contributed by atoms with Crippen molar-refractivity contribution in [1.82, 2.24) is 9.80 Å². The molecule has 5 nitrogen and oxygen atoms in total. The molecular formula is C16H32N4O. The largest absolute Gasteiger partial charge is 0.409 e. The van der Waals surface area contributed by atoms with Crippen LogP contribution in [0.2, 0.25) is 0 Å². The Labute approximate surface area is 129 Å². The van der Waals surface area contributed by atoms with Crippen molar-refractivity contribution in [2.45, 2.75) is 64.5 Å². The van der Waals surface area contributed by atoms with Gasteiger partial charge in [-0.3, -0.25) is 9.80 Å². The minimum absolute atomic E-state index is 0.0884. The van der Waals surface area contributed by atoms with Crippen LogP contribution in [0.15, 0.2) is 5.16 Å². The first-order valence-corrected chi connectivity index (χ1v) is 8.66. The van der Waals surface area contributed by atoms with E-state index in [0.29, 0.717) is 5.84 Å². The molecule has 1 saturated carbocycles. The van der Waals surface area contributed by atoms with Crippen LogP contribution in [0, 0.1) is 5.92 Å². The SMILES string of the molecule is CCC1CCCCC1N1CCN(C(CC)C(N)=NO)CC1. The quantitative estimate of drug-likeness (QED) is 0.353. The Morgan fingerprint density at radius 3 is 2.43 bits per heavy atom. The second-order valence-corrected chi connectivity index (χ2v) is 6.54. The van der Waals surface area contributed by atoms with Gasteiger partial charge in [-0.15, -0.1) is 0 Å². The fourth-order valence-electron chi connectivity index (χ4n) is 4.25. The monoisotopic (exact) mass is 296 g/mol. The third kappa shape index (κ3) is 3.89. The molecule has 1 aliphatic carbocycles. The maximum Gasteiger partial charge on any atom is 0.156 e. The van der Waals surface area contributed by atoms with Gasteiger partial charge in [0.15, 0.2) is 5.84 Å². The van der Waals surface area contributed by atoms with Gasteiger partial charge in [-0.25, -0.2) is 0 Å². The molecule has 0 bridgehead atoms. The van der Waals surface area contributed by atoms with E-state index in [-0.39, 0.29) is 6.04 Å². The third-order valence-corrected chi connectivity index (χ3v) is 5.50. The fraction of sp³-hybridized carbons (Fsp3) is 0.938. The summed E-state index contributed by atoms with van der Waals surface area (Å²) in [6, 6.07) is 0.875. The second-order valence-electron chi connectivity index (χ2n) is 6.54. The molecular weight excluding hydrogens is 264 g/mol. The number of piperazine rings is 1. The Hall–Kier alpha value is -0.810. The van der Waals surface area contributed by atoms with E-state index in [1.165, 1.54) is 32.1 Å². The highest BCUT2D eigenvalue weighted by atomic mass is 16.4. The summed E-state index contributed by atoms with van der Waals surface area (Å²) in [6.45, 7) is 8.74. The minimum atomic E-state index is 0.0884. The van der Waals surface area contributed by atoms with E-state index in [1.807, 2.05) is 0 Å². The molecule has 2 rings (SSSR count). The average Bonchev–Trinajstić information content (AvgIpc) is 2.56. The van der Waals surface area contributed by atoms with Gasteiger partial charge in [0.2, 0.25) is 0 Å². The van der Waals surface area contributed by atoms with Crippen molar-refractivity contribution in [1.29, 1.82) is 0 Å². The molecule has 1 heterocycles. The van der Waals surface area contributed by atoms with Crippen LogP contribution >= 0.6 is 0 Å². The van der Waals surface area contributed by atoms with Crippen LogP contribution in [0.25, 0.3) is 0 Å². The average molecular weight is 296 g/mol. The first-order chi connectivity index (χ1) is 10.2. The Morgan fingerprint density at radius 2 is 1.86 bits per heavy atom. The van der Waals surface area contributed by atoms with Crippen molar-refractivity contribution in [2.24, 2.45) is 16.8 Å². The Bertz CT molecular complexity index is 339. The van der Waals surface area contributed by atoms with Gasteiger partial charge < -0.3 is 10.9 Å². The first kappa shape index (κ1) is 16.6. The molecule has 1 saturated heterocycles. The van der Waals surface area contributed by atoms with Crippen LogP contribution < -0.4 is 5.73 Å². The lowest BCUT2D eigenvalue weighted by atomic mass is 9.81. The molecule has 0 amide bonds. The van der Waals surface area contributed by atoms with Gasteiger partial charge in [-0.1, -0.05) is 38.3 Å². The molecule has 3 atom stereocenters. The third-order valence-electron chi connectivity index (χ3n) is 5.50. The van der Waals surface area contributed by atoms with Crippen LogP contribution in [0.5, 0.6) is 0 Å². The van der Waals surface area contributed by atoms with E-state index in [9.17, 15) is 0 Å². The predicted molar refractivity (Wildman–Crippen MR) is 86.7 cm³/mol. The van der Waals surface area contributed by atoms with Gasteiger partial charge in [-0.05, 0) is 25.2 Å². The fourth-order valence-corrected chi connectivity index (χ4v) is 4.25. The normalized spacial score (nSPS) is 31.2. The smallest absolute Gasteiger partial charge is 0.156 e. The van der Waals surface area contributed by atoms with Crippen molar-refractivity contribution in [2.75, 3.05) is 26.2 Å². The zero-order chi connectivity index (χ0) is 15.2. The number of nitrogens with two attached hydrogens (primary N) is 1. The summed E-state index contributed by atoms with van der Waals surface area (Å²) >= 11 is 0. The van der Waals surface area contributed by atoms with E-state index in [2.05, 4.69) is 28.8 Å². The lowest BCUT2D eigenvalue weighted by Gasteiger charge is -2.45. The molecule has 0 radical (unpaired) electrons. The van der Waals surface area contributed by atoms with Crippen LogP contribution in [0.4, 0.5) is 0 Å². The molecule has 5 heteroatoms. The number of hydrogen-bond acceptors (Lipinski definition) is 4. The summed E-state index contributed by atoms with van der Waals surface area (Å²) < 4.78 is 0. The van der Waals surface area contributed by atoms with E-state index in [4.69, 9.17) is 10.9 Å². The molecule has 2 aliphatic rings. The summed E-state index contributed by atoms with van der Waals surface area (Å²) in [5.74, 6) is 1.24. The van der Waals surface area contributed by atoms with Crippen molar-refractivity contribution < 1.29 is 5.21 Å². The highest BCUT2D eigenvalue weighted by Crippen LogP contribution is 2.31. The van der Waals surface area contributed by atoms with Gasteiger partial charge in [0.1, 0.15) is 0 Å². The van der Waals surface area contributed by atoms with Crippen molar-refractivity contribution in [3.63, 3.8) is 0 Å². The van der Waals surface area contributed by atoms with Gasteiger partial charge in [0, 0.05) is 32.2 Å². The molecule has 2 fully saturated rings. The molecule has 21 heavy (non-hydrogen) atoms. The topological polar surface area (TPSA) is 65.1 Å². The highest BCUT2D eigenvalue weighted by molar-refractivity contribution is 5.85. The number of amidine groups is 1. The van der Waals surface area contributed by atoms with Gasteiger partial charge in [0.05, 0.1) is 6.04 Å². The van der Waals surface area contributed by atoms with E-state index < -0.39 is 0 Å². The standard InChI is InChI=1S/C16H32N4O/c1-3-13-7-5-6-8-15(13)20-11-9-19(10-12-20)14(4-2)16(17)18-21/h13-15,21H,3-12H2,1-2H3,(H2,17,18). The zero-order valence-electron chi connectivity index (χ0n) is 13.7. The second kappa shape index (κ2) is 7.99. The van der Waals surface area contributed by atoms with E-state index in [1.54, 1.807) is 0 Å². The first-order valence-electron chi connectivity index (χ1n) is 8.66. The Balaban J connectivity index is 1.90. The van der Waals surface area contributed by atoms with Gasteiger partial charge >= 0.3 is 0 Å². The number of oxime groups is 1. The predicted octanol–water partition coefficient (Wildman–Crippen LogP) is 2.10. The van der Waals surface area contributed by atoms with Crippen LogP contribution in [-0.2, 0) is 0 Å². The summed E-state index contributed by atoms with van der Waals surface area (Å²) in [5.41, 5.74) is 5.82. The molecule has 0 aromatic carbocycles. The number of rotatable bonds is 5. The summed E-state index contributed by atoms with van der Waals surface area (Å²) in [4.78, 5) is 5.07. The highest BCUT2D eigenvalue weighted by Gasteiger charge is 2.32. The molecule has 122 valence electrons. The summed E-state index contributed by atoms with van der Waals surface area (Å²) in [6.07, 6.45) is 7.79. The molecule has 3 unspecified atom stereocenters. The summed E-state index contributed by atoms with van der Waals surface area (Å²) in [7, 11) is 0. The molecule has 0 spiro atoms. The van der Waals surface area contributed by atoms with Crippen LogP contribution in [0.1, 0.15) is 52.4 Å². The van der Waals surface area contributed by atoms with Crippen LogP contribution in [-0.4, -0.2) is 59.1 Å². The van der Waals surface area contributed by atoms with Crippen molar-refractivity contribution >= 4 is 5.84 Å². The van der Waals surface area contributed by atoms with Gasteiger partial charge in [0.25, 0.3) is 0 Å². The molecule has 1 aliphatic heterocycles. The maximum atomic E-state index is 8.92. The van der Waals surface area contributed by atoms with Crippen LogP contribution in [0.3, 0.4) is 0 Å². The lowest BCUT2D eigenvalue weighted by molar-refractivity contribution is 0.0410. The zero-order valence-corrected chi connectivity index (χ0v) is 13.7.